The summed E-state index contributed by atoms with van der Waals surface area (Å²) in [6.45, 7) is 4.44. The van der Waals surface area contributed by atoms with Crippen LogP contribution in [0.5, 0.6) is 0 Å². The zero-order valence-corrected chi connectivity index (χ0v) is 20.6. The van der Waals surface area contributed by atoms with E-state index >= 15 is 0 Å². The Morgan fingerprint density at radius 3 is 1.97 bits per heavy atom. The van der Waals surface area contributed by atoms with E-state index in [2.05, 4.69) is 58.4 Å². The number of hydrogen-bond acceptors (Lipinski definition) is 6. The van der Waals surface area contributed by atoms with Crippen molar-refractivity contribution in [3.8, 4) is 0 Å². The minimum Gasteiger partial charge on any atom is -0.335 e. The Hall–Kier alpha value is -2.75. The van der Waals surface area contributed by atoms with Crippen LogP contribution in [-0.2, 0) is 10.0 Å². The molecule has 4 rings (SSSR count). The predicted molar refractivity (Wildman–Crippen MR) is 132 cm³/mol. The van der Waals surface area contributed by atoms with Crippen molar-refractivity contribution in [1.29, 1.82) is 0 Å². The zero-order valence-electron chi connectivity index (χ0n) is 19.0. The molecule has 2 heterocycles. The molecule has 33 heavy (non-hydrogen) atoms. The molecule has 7 nitrogen and oxygen atoms in total. The number of carbonyl (C=O) groups is 1. The van der Waals surface area contributed by atoms with Crippen LogP contribution in [0, 0.1) is 6.92 Å². The van der Waals surface area contributed by atoms with Crippen LogP contribution in [-0.4, -0.2) is 68.6 Å². The molecule has 1 saturated heterocycles. The lowest BCUT2D eigenvalue weighted by molar-refractivity contribution is 0.0601. The molecule has 1 aliphatic rings. The lowest BCUT2D eigenvalue weighted by Crippen LogP contribution is -2.49. The van der Waals surface area contributed by atoms with E-state index in [0.717, 1.165) is 35.0 Å². The number of nitrogens with zero attached hydrogens (tertiary/aromatic N) is 4. The maximum Gasteiger partial charge on any atom is 0.266 e. The molecule has 0 bridgehead atoms. The lowest BCUT2D eigenvalue weighted by atomic mass is 9.96. The molecule has 9 heteroatoms. The second kappa shape index (κ2) is 9.62. The summed E-state index contributed by atoms with van der Waals surface area (Å²) < 4.78 is 24.8. The highest BCUT2D eigenvalue weighted by Crippen LogP contribution is 2.31. The fourth-order valence-corrected chi connectivity index (χ4v) is 5.81. The lowest BCUT2D eigenvalue weighted by Gasteiger charge is -2.39. The average molecular weight is 485 g/mol. The Balaban J connectivity index is 1.50. The summed E-state index contributed by atoms with van der Waals surface area (Å²) in [6, 6.07) is 21.0. The van der Waals surface area contributed by atoms with Gasteiger partial charge in [0.2, 0.25) is 10.0 Å². The number of carbonyl (C=O) groups excluding carboxylic acids is 1. The van der Waals surface area contributed by atoms with Crippen molar-refractivity contribution in [1.82, 2.24) is 14.8 Å². The topological polar surface area (TPSA) is 73.8 Å². The number of hydrogen-bond donors (Lipinski definition) is 0. The number of aryl methyl sites for hydroxylation is 1. The van der Waals surface area contributed by atoms with E-state index in [0.29, 0.717) is 28.8 Å². The number of rotatable bonds is 6. The van der Waals surface area contributed by atoms with Crippen LogP contribution in [0.15, 0.2) is 60.7 Å². The Bertz CT molecular complexity index is 1170. The first-order valence-corrected chi connectivity index (χ1v) is 13.5. The molecule has 2 aromatic carbocycles. The van der Waals surface area contributed by atoms with Gasteiger partial charge in [0.05, 0.1) is 18.0 Å². The van der Waals surface area contributed by atoms with Crippen molar-refractivity contribution >= 4 is 32.4 Å². The van der Waals surface area contributed by atoms with Gasteiger partial charge >= 0.3 is 0 Å². The largest absolute Gasteiger partial charge is 0.335 e. The number of sulfonamides is 1. The Morgan fingerprint density at radius 1 is 0.970 bits per heavy atom. The van der Waals surface area contributed by atoms with Crippen molar-refractivity contribution < 1.29 is 13.2 Å². The predicted octanol–water partition coefficient (Wildman–Crippen LogP) is 3.39. The van der Waals surface area contributed by atoms with E-state index in [9.17, 15) is 13.2 Å². The van der Waals surface area contributed by atoms with E-state index in [1.54, 1.807) is 6.92 Å². The highest BCUT2D eigenvalue weighted by atomic mass is 32.2. The first-order chi connectivity index (χ1) is 15.8. The summed E-state index contributed by atoms with van der Waals surface area (Å²) in [5.41, 5.74) is 3.02. The number of piperazine rings is 1. The third-order valence-electron chi connectivity index (χ3n) is 5.94. The molecule has 1 fully saturated rings. The van der Waals surface area contributed by atoms with Crippen molar-refractivity contribution in [2.24, 2.45) is 0 Å². The van der Waals surface area contributed by atoms with Gasteiger partial charge in [0.1, 0.15) is 4.88 Å². The van der Waals surface area contributed by atoms with Crippen LogP contribution >= 0.6 is 11.3 Å². The summed E-state index contributed by atoms with van der Waals surface area (Å²) in [6.07, 6.45) is 1.13. The van der Waals surface area contributed by atoms with Gasteiger partial charge < -0.3 is 4.90 Å². The van der Waals surface area contributed by atoms with Crippen LogP contribution in [0.2, 0.25) is 0 Å². The second-order valence-corrected chi connectivity index (χ2v) is 11.2. The van der Waals surface area contributed by atoms with Crippen LogP contribution in [0.25, 0.3) is 0 Å². The summed E-state index contributed by atoms with van der Waals surface area (Å²) in [5, 5.41) is 0.310. The van der Waals surface area contributed by atoms with Crippen LogP contribution < -0.4 is 4.31 Å². The van der Waals surface area contributed by atoms with E-state index < -0.39 is 10.0 Å². The van der Waals surface area contributed by atoms with E-state index in [-0.39, 0.29) is 11.9 Å². The molecule has 1 aromatic heterocycles. The molecule has 0 saturated carbocycles. The summed E-state index contributed by atoms with van der Waals surface area (Å²) >= 11 is 1.13. The van der Waals surface area contributed by atoms with Crippen LogP contribution in [0.4, 0.5) is 5.13 Å². The SMILES string of the molecule is Cc1nc(N(C)S(C)(=O)=O)sc1C(=O)N1CCN(C(c2ccccc2)c2ccccc2)CC1. The summed E-state index contributed by atoms with van der Waals surface area (Å²) in [4.78, 5) is 22.3. The van der Waals surface area contributed by atoms with Gasteiger partial charge in [-0.25, -0.2) is 17.7 Å². The maximum absolute atomic E-state index is 13.2. The molecular weight excluding hydrogens is 456 g/mol. The molecule has 0 radical (unpaired) electrons. The third-order valence-corrected chi connectivity index (χ3v) is 8.45. The van der Waals surface area contributed by atoms with E-state index in [1.165, 1.54) is 18.2 Å². The smallest absolute Gasteiger partial charge is 0.266 e. The third kappa shape index (κ3) is 5.10. The fourth-order valence-electron chi connectivity index (χ4n) is 4.07. The molecule has 0 spiro atoms. The molecular formula is C24H28N4O3S2. The minimum atomic E-state index is -3.43. The molecule has 0 atom stereocenters. The highest BCUT2D eigenvalue weighted by Gasteiger charge is 2.30. The van der Waals surface area contributed by atoms with E-state index in [4.69, 9.17) is 0 Å². The molecule has 0 unspecified atom stereocenters. The van der Waals surface area contributed by atoms with Crippen molar-refractivity contribution in [2.75, 3.05) is 43.8 Å². The van der Waals surface area contributed by atoms with Gasteiger partial charge in [0.15, 0.2) is 5.13 Å². The standard InChI is InChI=1S/C24H28N4O3S2/c1-18-22(32-24(25-18)26(2)33(3,30)31)23(29)28-16-14-27(15-17-28)21(19-10-6-4-7-11-19)20-12-8-5-9-13-20/h4-13,21H,14-17H2,1-3H3. The fraction of sp³-hybridized carbons (Fsp3) is 0.333. The molecule has 1 aliphatic heterocycles. The molecule has 174 valence electrons. The zero-order chi connectivity index (χ0) is 23.6. The first-order valence-electron chi connectivity index (χ1n) is 10.8. The van der Waals surface area contributed by atoms with Crippen molar-refractivity contribution in [3.63, 3.8) is 0 Å². The van der Waals surface area contributed by atoms with Gasteiger partial charge in [0, 0.05) is 33.2 Å². The number of thiazole rings is 1. The average Bonchev–Trinajstić information content (AvgIpc) is 3.21. The number of amides is 1. The van der Waals surface area contributed by atoms with Gasteiger partial charge in [-0.2, -0.15) is 0 Å². The van der Waals surface area contributed by atoms with Gasteiger partial charge in [-0.05, 0) is 18.1 Å². The van der Waals surface area contributed by atoms with E-state index in [1.807, 2.05) is 17.0 Å². The Kier molecular flexibility index (Phi) is 6.83. The quantitative estimate of drug-likeness (QED) is 0.536. The Labute approximate surface area is 199 Å². The first kappa shape index (κ1) is 23.4. The van der Waals surface area contributed by atoms with Crippen molar-refractivity contribution in [2.45, 2.75) is 13.0 Å². The Morgan fingerprint density at radius 2 is 1.48 bits per heavy atom. The van der Waals surface area contributed by atoms with Gasteiger partial charge in [-0.1, -0.05) is 72.0 Å². The van der Waals surface area contributed by atoms with Crippen LogP contribution in [0.3, 0.4) is 0 Å². The number of aromatic nitrogens is 1. The monoisotopic (exact) mass is 484 g/mol. The molecule has 0 N–H and O–H groups in total. The normalized spacial score (nSPS) is 15.1. The van der Waals surface area contributed by atoms with Gasteiger partial charge in [0.25, 0.3) is 5.91 Å². The molecule has 1 amide bonds. The molecule has 0 aliphatic carbocycles. The van der Waals surface area contributed by atoms with Gasteiger partial charge in [-0.3, -0.25) is 9.69 Å². The summed E-state index contributed by atoms with van der Waals surface area (Å²) in [7, 11) is -1.98. The van der Waals surface area contributed by atoms with Crippen molar-refractivity contribution in [3.05, 3.63) is 82.4 Å². The highest BCUT2D eigenvalue weighted by molar-refractivity contribution is 7.92. The minimum absolute atomic E-state index is 0.0891. The van der Waals surface area contributed by atoms with Gasteiger partial charge in [-0.15, -0.1) is 0 Å². The molecule has 3 aromatic rings. The number of anilines is 1. The number of benzene rings is 2. The second-order valence-electron chi connectivity index (χ2n) is 8.19. The summed E-state index contributed by atoms with van der Waals surface area (Å²) in [5.74, 6) is -0.0891. The maximum atomic E-state index is 13.2. The van der Waals surface area contributed by atoms with Crippen LogP contribution in [0.1, 0.15) is 32.5 Å².